The molecule has 0 unspecified atom stereocenters. The third-order valence-corrected chi connectivity index (χ3v) is 4.07. The maximum Gasteiger partial charge on any atom is 0.227 e. The van der Waals surface area contributed by atoms with Gasteiger partial charge in [-0.25, -0.2) is 0 Å². The molecule has 1 N–H and O–H groups in total. The molecular weight excluding hydrogens is 356 g/mol. The first-order valence-corrected chi connectivity index (χ1v) is 8.86. The fourth-order valence-corrected chi connectivity index (χ4v) is 2.67. The van der Waals surface area contributed by atoms with Crippen LogP contribution in [0.15, 0.2) is 71.6 Å². The highest BCUT2D eigenvalue weighted by molar-refractivity contribution is 5.90. The molecule has 8 heteroatoms. The topological polar surface area (TPSA) is 98.7 Å². The predicted molar refractivity (Wildman–Crippen MR) is 102 cm³/mol. The maximum absolute atomic E-state index is 12.2. The average molecular weight is 374 g/mol. The number of nitrogens with zero attached hydrogens (tertiary/aromatic N) is 5. The molecule has 0 atom stereocenters. The first-order valence-electron chi connectivity index (χ1n) is 8.86. The lowest BCUT2D eigenvalue weighted by molar-refractivity contribution is -0.116. The minimum atomic E-state index is -0.114. The van der Waals surface area contributed by atoms with E-state index in [1.165, 1.54) is 0 Å². The van der Waals surface area contributed by atoms with Crippen LogP contribution in [-0.4, -0.2) is 30.8 Å². The number of rotatable bonds is 7. The molecule has 0 spiro atoms. The van der Waals surface area contributed by atoms with Gasteiger partial charge in [0.2, 0.25) is 17.6 Å². The highest BCUT2D eigenvalue weighted by atomic mass is 16.5. The second kappa shape index (κ2) is 8.26. The lowest BCUT2D eigenvalue weighted by Gasteiger charge is -2.06. The number of carbonyl (C=O) groups is 1. The normalized spacial score (nSPS) is 10.7. The summed E-state index contributed by atoms with van der Waals surface area (Å²) in [6, 6.07) is 15.0. The van der Waals surface area contributed by atoms with E-state index < -0.39 is 0 Å². The summed E-state index contributed by atoms with van der Waals surface area (Å²) in [7, 11) is 0. The summed E-state index contributed by atoms with van der Waals surface area (Å²) >= 11 is 0. The molecule has 0 fully saturated rings. The van der Waals surface area contributed by atoms with Gasteiger partial charge in [0.15, 0.2) is 0 Å². The highest BCUT2D eigenvalue weighted by Gasteiger charge is 2.11. The molecule has 4 aromatic rings. The molecule has 0 aliphatic rings. The number of aromatic nitrogens is 5. The van der Waals surface area contributed by atoms with Crippen molar-refractivity contribution in [3.8, 4) is 11.5 Å². The zero-order valence-electron chi connectivity index (χ0n) is 15.0. The molecule has 140 valence electrons. The lowest BCUT2D eigenvalue weighted by atomic mass is 10.2. The van der Waals surface area contributed by atoms with Crippen LogP contribution in [0.5, 0.6) is 0 Å². The first-order chi connectivity index (χ1) is 13.8. The number of hydrogen-bond acceptors (Lipinski definition) is 6. The highest BCUT2D eigenvalue weighted by Crippen LogP contribution is 2.14. The van der Waals surface area contributed by atoms with E-state index in [0.29, 0.717) is 30.4 Å². The molecular formula is C20H18N6O2. The van der Waals surface area contributed by atoms with E-state index in [1.54, 1.807) is 18.5 Å². The quantitative estimate of drug-likeness (QED) is 0.534. The fraction of sp³-hybridized carbons (Fsp3) is 0.150. The van der Waals surface area contributed by atoms with E-state index in [4.69, 9.17) is 4.52 Å². The minimum Gasteiger partial charge on any atom is -0.339 e. The van der Waals surface area contributed by atoms with Crippen LogP contribution in [0.3, 0.4) is 0 Å². The van der Waals surface area contributed by atoms with E-state index in [-0.39, 0.29) is 12.3 Å². The summed E-state index contributed by atoms with van der Waals surface area (Å²) in [5.41, 5.74) is 2.49. The summed E-state index contributed by atoms with van der Waals surface area (Å²) < 4.78 is 7.04. The van der Waals surface area contributed by atoms with Crippen LogP contribution in [0.1, 0.15) is 17.9 Å². The van der Waals surface area contributed by atoms with E-state index in [2.05, 4.69) is 25.5 Å². The molecule has 0 bridgehead atoms. The Morgan fingerprint density at radius 3 is 2.71 bits per heavy atom. The van der Waals surface area contributed by atoms with Gasteiger partial charge in [-0.05, 0) is 35.9 Å². The van der Waals surface area contributed by atoms with Gasteiger partial charge < -0.3 is 9.84 Å². The zero-order valence-corrected chi connectivity index (χ0v) is 15.0. The number of aryl methyl sites for hydroxylation is 1. The number of nitrogens with one attached hydrogen (secondary N) is 1. The largest absolute Gasteiger partial charge is 0.339 e. The van der Waals surface area contributed by atoms with Crippen molar-refractivity contribution in [3.63, 3.8) is 0 Å². The summed E-state index contributed by atoms with van der Waals surface area (Å²) in [6.07, 6.45) is 5.94. The van der Waals surface area contributed by atoms with Crippen molar-refractivity contribution in [2.24, 2.45) is 0 Å². The Labute approximate surface area is 161 Å². The molecule has 8 nitrogen and oxygen atoms in total. The number of hydrogen-bond donors (Lipinski definition) is 1. The molecule has 3 heterocycles. The Morgan fingerprint density at radius 2 is 1.96 bits per heavy atom. The number of benzene rings is 1. The van der Waals surface area contributed by atoms with Gasteiger partial charge >= 0.3 is 0 Å². The van der Waals surface area contributed by atoms with E-state index >= 15 is 0 Å². The molecule has 0 aliphatic heterocycles. The second-order valence-electron chi connectivity index (χ2n) is 6.18. The maximum atomic E-state index is 12.2. The van der Waals surface area contributed by atoms with Gasteiger partial charge in [0.05, 0.1) is 6.54 Å². The van der Waals surface area contributed by atoms with Crippen LogP contribution in [0.25, 0.3) is 11.5 Å². The van der Waals surface area contributed by atoms with Crippen molar-refractivity contribution >= 4 is 11.6 Å². The Morgan fingerprint density at radius 1 is 1.07 bits per heavy atom. The number of amides is 1. The Hall–Kier alpha value is -3.81. The number of pyridine rings is 1. The monoisotopic (exact) mass is 374 g/mol. The molecule has 0 saturated carbocycles. The summed E-state index contributed by atoms with van der Waals surface area (Å²) in [6.45, 7) is 0.691. The van der Waals surface area contributed by atoms with E-state index in [9.17, 15) is 4.79 Å². The van der Waals surface area contributed by atoms with Gasteiger partial charge in [0, 0.05) is 37.1 Å². The van der Waals surface area contributed by atoms with E-state index in [0.717, 1.165) is 11.3 Å². The predicted octanol–water partition coefficient (Wildman–Crippen LogP) is 2.95. The summed E-state index contributed by atoms with van der Waals surface area (Å²) in [5.74, 6) is 0.714. The van der Waals surface area contributed by atoms with Crippen molar-refractivity contribution in [1.82, 2.24) is 24.9 Å². The Kier molecular flexibility index (Phi) is 5.19. The second-order valence-corrected chi connectivity index (χ2v) is 6.18. The van der Waals surface area contributed by atoms with Crippen LogP contribution in [0.4, 0.5) is 5.69 Å². The Bertz CT molecular complexity index is 1030. The van der Waals surface area contributed by atoms with Crippen LogP contribution in [0.2, 0.25) is 0 Å². The van der Waals surface area contributed by atoms with Crippen LogP contribution >= 0.6 is 0 Å². The third-order valence-electron chi connectivity index (χ3n) is 4.07. The van der Waals surface area contributed by atoms with Crippen molar-refractivity contribution in [3.05, 3.63) is 78.6 Å². The van der Waals surface area contributed by atoms with Crippen LogP contribution < -0.4 is 5.32 Å². The minimum absolute atomic E-state index is 0.114. The summed E-state index contributed by atoms with van der Waals surface area (Å²) in [4.78, 5) is 20.6. The van der Waals surface area contributed by atoms with Gasteiger partial charge in [0.1, 0.15) is 5.69 Å². The Balaban J connectivity index is 1.28. The SMILES string of the molecule is O=C(CCc1nc(-c2ccccn2)no1)Nc1ccc(Cn2cccn2)cc1. The first kappa shape index (κ1) is 17.6. The molecule has 0 aliphatic carbocycles. The zero-order chi connectivity index (χ0) is 19.2. The molecule has 0 radical (unpaired) electrons. The number of anilines is 1. The molecule has 28 heavy (non-hydrogen) atoms. The third kappa shape index (κ3) is 4.47. The average Bonchev–Trinajstić information content (AvgIpc) is 3.41. The number of carbonyl (C=O) groups excluding carboxylic acids is 1. The van der Waals surface area contributed by atoms with Crippen molar-refractivity contribution in [2.75, 3.05) is 5.32 Å². The molecule has 4 rings (SSSR count). The van der Waals surface area contributed by atoms with Gasteiger partial charge in [-0.15, -0.1) is 0 Å². The van der Waals surface area contributed by atoms with Gasteiger partial charge in [0.25, 0.3) is 0 Å². The van der Waals surface area contributed by atoms with E-state index in [1.807, 2.05) is 53.3 Å². The van der Waals surface area contributed by atoms with Crippen LogP contribution in [0, 0.1) is 0 Å². The molecule has 0 saturated heterocycles. The lowest BCUT2D eigenvalue weighted by Crippen LogP contribution is -2.12. The molecule has 1 amide bonds. The van der Waals surface area contributed by atoms with Crippen molar-refractivity contribution < 1.29 is 9.32 Å². The van der Waals surface area contributed by atoms with Crippen molar-refractivity contribution in [1.29, 1.82) is 0 Å². The standard InChI is InChI=1S/C20H18N6O2/c27-18(9-10-19-24-20(25-28-19)17-4-1-2-11-21-17)23-16-7-5-15(6-8-16)14-26-13-3-12-22-26/h1-8,11-13H,9-10,14H2,(H,23,27). The summed E-state index contributed by atoms with van der Waals surface area (Å²) in [5, 5.41) is 11.0. The van der Waals surface area contributed by atoms with Gasteiger partial charge in [-0.2, -0.15) is 10.1 Å². The molecule has 1 aromatic carbocycles. The van der Waals surface area contributed by atoms with Gasteiger partial charge in [-0.1, -0.05) is 23.4 Å². The fourth-order valence-electron chi connectivity index (χ4n) is 2.67. The van der Waals surface area contributed by atoms with Crippen LogP contribution in [-0.2, 0) is 17.8 Å². The van der Waals surface area contributed by atoms with Gasteiger partial charge in [-0.3, -0.25) is 14.5 Å². The van der Waals surface area contributed by atoms with Crippen molar-refractivity contribution in [2.45, 2.75) is 19.4 Å². The smallest absolute Gasteiger partial charge is 0.227 e. The molecule has 3 aromatic heterocycles.